The zero-order valence-electron chi connectivity index (χ0n) is 19.2. The maximum atomic E-state index is 3.49. The number of aromatic nitrogens is 1. The number of benzene rings is 1. The third-order valence-corrected chi connectivity index (χ3v) is 7.31. The van der Waals surface area contributed by atoms with Crippen molar-refractivity contribution in [3.63, 3.8) is 0 Å². The zero-order valence-corrected chi connectivity index (χ0v) is 19.2. The Hall–Kier alpha value is -1.32. The van der Waals surface area contributed by atoms with Gasteiger partial charge in [0.15, 0.2) is 0 Å². The molecule has 1 heterocycles. The minimum absolute atomic E-state index is 0.690. The topological polar surface area (TPSA) is 24.7 Å². The van der Waals surface area contributed by atoms with Gasteiger partial charge >= 0.3 is 0 Å². The van der Waals surface area contributed by atoms with Crippen LogP contribution in [0.2, 0.25) is 0 Å². The first-order valence-electron chi connectivity index (χ1n) is 12.4. The van der Waals surface area contributed by atoms with E-state index in [0.717, 1.165) is 5.92 Å². The number of hydrogen-bond donors (Lipinski definition) is 3. The van der Waals surface area contributed by atoms with E-state index in [0.29, 0.717) is 6.04 Å². The van der Waals surface area contributed by atoms with Crippen molar-refractivity contribution in [3.8, 4) is 0 Å². The number of H-pyrrole nitrogens is 1. The van der Waals surface area contributed by atoms with Gasteiger partial charge in [-0.15, -0.1) is 0 Å². The van der Waals surface area contributed by atoms with E-state index < -0.39 is 0 Å². The van der Waals surface area contributed by atoms with Crippen LogP contribution in [0.5, 0.6) is 0 Å². The van der Waals surface area contributed by atoms with Gasteiger partial charge in [0.2, 0.25) is 0 Å². The van der Waals surface area contributed by atoms with Crippen LogP contribution in [0.1, 0.15) is 70.3 Å². The molecule has 162 valence electrons. The Balaban J connectivity index is 1.60. The van der Waals surface area contributed by atoms with Crippen LogP contribution in [0, 0.1) is 5.92 Å². The first-order valence-corrected chi connectivity index (χ1v) is 12.4. The van der Waals surface area contributed by atoms with Crippen LogP contribution in [-0.2, 0) is 6.42 Å². The molecule has 0 saturated heterocycles. The van der Waals surface area contributed by atoms with Gasteiger partial charge in [-0.3, -0.25) is 0 Å². The van der Waals surface area contributed by atoms with Crippen molar-refractivity contribution in [2.45, 2.75) is 77.2 Å². The standard InChI is InChI=1S/C26H43N3/c1-4-5-17-29(3)24(19-23-20-27-26-15-11-10-14-25(23)26)21-28(2)18-16-22-12-8-6-7-9-13-22/h10-11,14-15,20,22,24,27H,4-9,12-13,16-19,21H2,1-3H3/p+2/t24-/m0/s1. The number of fused-ring (bicyclic) bond motifs is 1. The van der Waals surface area contributed by atoms with Gasteiger partial charge in [0.1, 0.15) is 12.6 Å². The quantitative estimate of drug-likeness (QED) is 0.483. The van der Waals surface area contributed by atoms with Gasteiger partial charge in [-0.1, -0.05) is 70.1 Å². The van der Waals surface area contributed by atoms with Gasteiger partial charge in [-0.2, -0.15) is 0 Å². The number of para-hydroxylation sites is 1. The highest BCUT2D eigenvalue weighted by Gasteiger charge is 2.25. The normalized spacial score (nSPS) is 19.1. The Kier molecular flexibility index (Phi) is 9.07. The predicted octanol–water partition coefficient (Wildman–Crippen LogP) is 3.27. The van der Waals surface area contributed by atoms with Crippen molar-refractivity contribution in [2.24, 2.45) is 5.92 Å². The van der Waals surface area contributed by atoms with E-state index in [9.17, 15) is 0 Å². The summed E-state index contributed by atoms with van der Waals surface area (Å²) >= 11 is 0. The zero-order chi connectivity index (χ0) is 20.5. The van der Waals surface area contributed by atoms with Crippen molar-refractivity contribution in [1.82, 2.24) is 4.98 Å². The largest absolute Gasteiger partial charge is 0.361 e. The van der Waals surface area contributed by atoms with E-state index in [1.54, 1.807) is 9.80 Å². The SMILES string of the molecule is CCCC[NH+](C)[C@@H](Cc1c[nH]c2ccccc12)C[NH+](C)CCC1CCCCCC1. The Labute approximate surface area is 178 Å². The molecular formula is C26H45N3+2. The molecule has 2 unspecified atom stereocenters. The summed E-state index contributed by atoms with van der Waals surface area (Å²) in [6.45, 7) is 6.23. The van der Waals surface area contributed by atoms with E-state index in [2.05, 4.69) is 56.5 Å². The maximum Gasteiger partial charge on any atom is 0.141 e. The van der Waals surface area contributed by atoms with Gasteiger partial charge in [0.25, 0.3) is 0 Å². The molecular weight excluding hydrogens is 354 g/mol. The summed E-state index contributed by atoms with van der Waals surface area (Å²) in [5, 5.41) is 1.41. The average Bonchev–Trinajstić information content (AvgIpc) is 2.95. The van der Waals surface area contributed by atoms with Crippen LogP contribution < -0.4 is 9.80 Å². The van der Waals surface area contributed by atoms with E-state index in [4.69, 9.17) is 0 Å². The van der Waals surface area contributed by atoms with Crippen LogP contribution in [-0.4, -0.2) is 44.8 Å². The lowest BCUT2D eigenvalue weighted by Gasteiger charge is -2.28. The molecule has 0 bridgehead atoms. The van der Waals surface area contributed by atoms with Gasteiger partial charge < -0.3 is 14.8 Å². The minimum atomic E-state index is 0.690. The van der Waals surface area contributed by atoms with Crippen LogP contribution in [0.25, 0.3) is 10.9 Å². The molecule has 2 aromatic rings. The number of nitrogens with one attached hydrogen (secondary N) is 3. The fourth-order valence-electron chi connectivity index (χ4n) is 5.27. The molecule has 0 radical (unpaired) electrons. The number of quaternary nitrogens is 2. The molecule has 1 saturated carbocycles. The predicted molar refractivity (Wildman–Crippen MR) is 125 cm³/mol. The molecule has 1 aliphatic carbocycles. The van der Waals surface area contributed by atoms with Crippen LogP contribution in [0.15, 0.2) is 30.5 Å². The molecule has 3 rings (SSSR count). The van der Waals surface area contributed by atoms with Crippen molar-refractivity contribution in [2.75, 3.05) is 33.7 Å². The summed E-state index contributed by atoms with van der Waals surface area (Å²) in [6.07, 6.45) is 16.3. The summed E-state index contributed by atoms with van der Waals surface area (Å²) in [6, 6.07) is 9.47. The minimum Gasteiger partial charge on any atom is -0.361 e. The maximum absolute atomic E-state index is 3.49. The molecule has 1 fully saturated rings. The Morgan fingerprint density at radius 1 is 1.03 bits per heavy atom. The molecule has 1 aromatic carbocycles. The molecule has 0 aliphatic heterocycles. The van der Waals surface area contributed by atoms with Crippen LogP contribution in [0.3, 0.4) is 0 Å². The smallest absolute Gasteiger partial charge is 0.141 e. The molecule has 0 spiro atoms. The summed E-state index contributed by atoms with van der Waals surface area (Å²) in [5.41, 5.74) is 2.78. The number of unbranched alkanes of at least 4 members (excludes halogenated alkanes) is 1. The van der Waals surface area contributed by atoms with Gasteiger partial charge in [-0.05, 0) is 30.4 Å². The first-order chi connectivity index (χ1) is 14.2. The Morgan fingerprint density at radius 2 is 1.79 bits per heavy atom. The lowest BCUT2D eigenvalue weighted by molar-refractivity contribution is -0.959. The second-order valence-corrected chi connectivity index (χ2v) is 9.77. The van der Waals surface area contributed by atoms with E-state index in [-0.39, 0.29) is 0 Å². The average molecular weight is 400 g/mol. The highest BCUT2D eigenvalue weighted by molar-refractivity contribution is 5.83. The van der Waals surface area contributed by atoms with Crippen molar-refractivity contribution >= 4 is 10.9 Å². The number of likely N-dealkylation sites (N-methyl/N-ethyl adjacent to an activating group) is 2. The lowest BCUT2D eigenvalue weighted by atomic mass is 9.96. The first kappa shape index (κ1) is 22.4. The summed E-state index contributed by atoms with van der Waals surface area (Å²) in [4.78, 5) is 6.93. The summed E-state index contributed by atoms with van der Waals surface area (Å²) in [7, 11) is 4.86. The van der Waals surface area contributed by atoms with Crippen molar-refractivity contribution in [1.29, 1.82) is 0 Å². The second kappa shape index (κ2) is 11.8. The molecule has 29 heavy (non-hydrogen) atoms. The fraction of sp³-hybridized carbons (Fsp3) is 0.692. The third kappa shape index (κ3) is 6.86. The third-order valence-electron chi connectivity index (χ3n) is 7.31. The van der Waals surface area contributed by atoms with E-state index >= 15 is 0 Å². The van der Waals surface area contributed by atoms with Crippen LogP contribution >= 0.6 is 0 Å². The number of rotatable bonds is 11. The van der Waals surface area contributed by atoms with E-state index in [1.165, 1.54) is 100 Å². The van der Waals surface area contributed by atoms with Crippen LogP contribution in [0.4, 0.5) is 0 Å². The Bertz CT molecular complexity index is 699. The summed E-state index contributed by atoms with van der Waals surface area (Å²) < 4.78 is 0. The molecule has 3 N–H and O–H groups in total. The molecule has 3 nitrogen and oxygen atoms in total. The molecule has 3 heteroatoms. The molecule has 0 amide bonds. The molecule has 1 aliphatic rings. The highest BCUT2D eigenvalue weighted by Crippen LogP contribution is 2.24. The van der Waals surface area contributed by atoms with Crippen molar-refractivity contribution < 1.29 is 9.80 Å². The monoisotopic (exact) mass is 399 g/mol. The fourth-order valence-corrected chi connectivity index (χ4v) is 5.27. The number of hydrogen-bond acceptors (Lipinski definition) is 0. The molecule has 3 atom stereocenters. The van der Waals surface area contributed by atoms with Crippen molar-refractivity contribution in [3.05, 3.63) is 36.0 Å². The van der Waals surface area contributed by atoms with E-state index in [1.807, 2.05) is 0 Å². The second-order valence-electron chi connectivity index (χ2n) is 9.77. The number of aromatic amines is 1. The summed E-state index contributed by atoms with van der Waals surface area (Å²) in [5.74, 6) is 0.990. The van der Waals surface area contributed by atoms with Gasteiger partial charge in [-0.25, -0.2) is 0 Å². The Morgan fingerprint density at radius 3 is 2.55 bits per heavy atom. The highest BCUT2D eigenvalue weighted by atomic mass is 15.2. The van der Waals surface area contributed by atoms with Gasteiger partial charge in [0, 0.05) is 23.5 Å². The molecule has 1 aromatic heterocycles. The lowest BCUT2D eigenvalue weighted by Crippen LogP contribution is -3.21. The van der Waals surface area contributed by atoms with Gasteiger partial charge in [0.05, 0.1) is 27.2 Å².